The van der Waals surface area contributed by atoms with Crippen LogP contribution in [0.2, 0.25) is 0 Å². The van der Waals surface area contributed by atoms with E-state index < -0.39 is 0 Å². The number of amides is 2. The molecule has 1 rings (SSSR count). The van der Waals surface area contributed by atoms with Crippen molar-refractivity contribution >= 4 is 12.3 Å². The molecule has 0 aliphatic carbocycles. The second-order valence-corrected chi connectivity index (χ2v) is 3.11. The predicted octanol–water partition coefficient (Wildman–Crippen LogP) is -0.394. The van der Waals surface area contributed by atoms with Gasteiger partial charge in [0.25, 0.3) is 0 Å². The number of rotatable bonds is 2. The zero-order chi connectivity index (χ0) is 9.14. The van der Waals surface area contributed by atoms with E-state index in [-0.39, 0.29) is 11.9 Å². The summed E-state index contributed by atoms with van der Waals surface area (Å²) in [7, 11) is 1.70. The predicted molar refractivity (Wildman–Crippen MR) is 44.1 cm³/mol. The van der Waals surface area contributed by atoms with E-state index in [9.17, 15) is 9.59 Å². The van der Waals surface area contributed by atoms with Crippen molar-refractivity contribution in [1.82, 2.24) is 9.80 Å². The van der Waals surface area contributed by atoms with Crippen LogP contribution >= 0.6 is 0 Å². The van der Waals surface area contributed by atoms with E-state index in [1.807, 2.05) is 6.41 Å². The quantitative estimate of drug-likeness (QED) is 0.528. The van der Waals surface area contributed by atoms with E-state index >= 15 is 0 Å². The second kappa shape index (κ2) is 3.56. The highest BCUT2D eigenvalue weighted by atomic mass is 16.2. The van der Waals surface area contributed by atoms with E-state index in [2.05, 4.69) is 0 Å². The summed E-state index contributed by atoms with van der Waals surface area (Å²) in [4.78, 5) is 24.4. The molecule has 0 N–H and O–H groups in total. The molecule has 1 heterocycles. The summed E-state index contributed by atoms with van der Waals surface area (Å²) in [5.41, 5.74) is 0. The average Bonchev–Trinajstić information content (AvgIpc) is 2.51. The lowest BCUT2D eigenvalue weighted by Gasteiger charge is -2.18. The van der Waals surface area contributed by atoms with E-state index in [4.69, 9.17) is 0 Å². The topological polar surface area (TPSA) is 40.6 Å². The molecule has 1 radical (unpaired) electrons. The fraction of sp³-hybridized carbons (Fsp3) is 0.750. The zero-order valence-corrected chi connectivity index (χ0v) is 7.41. The van der Waals surface area contributed by atoms with E-state index in [1.165, 1.54) is 4.90 Å². The molecular weight excluding hydrogens is 156 g/mol. The largest absolute Gasteiger partial charge is 0.341 e. The van der Waals surface area contributed by atoms with Crippen molar-refractivity contribution in [2.24, 2.45) is 0 Å². The van der Waals surface area contributed by atoms with Crippen molar-refractivity contribution in [3.63, 3.8) is 0 Å². The molecule has 4 heteroatoms. The van der Waals surface area contributed by atoms with Crippen molar-refractivity contribution in [2.45, 2.75) is 19.4 Å². The molecule has 1 unspecified atom stereocenters. The Morgan fingerprint density at radius 3 is 2.75 bits per heavy atom. The monoisotopic (exact) mass is 169 g/mol. The Morgan fingerprint density at radius 1 is 1.67 bits per heavy atom. The van der Waals surface area contributed by atoms with Crippen LogP contribution in [-0.2, 0) is 9.59 Å². The molecule has 0 saturated carbocycles. The van der Waals surface area contributed by atoms with Gasteiger partial charge in [0.1, 0.15) is 0 Å². The summed E-state index contributed by atoms with van der Waals surface area (Å²) in [6.45, 7) is 2.96. The van der Waals surface area contributed by atoms with Gasteiger partial charge in [-0.15, -0.1) is 0 Å². The minimum atomic E-state index is 0.0804. The molecule has 67 valence electrons. The van der Waals surface area contributed by atoms with Crippen molar-refractivity contribution in [2.75, 3.05) is 20.1 Å². The number of carbonyl (C=O) groups is 1. The summed E-state index contributed by atoms with van der Waals surface area (Å²) in [5, 5.41) is 0. The van der Waals surface area contributed by atoms with Gasteiger partial charge in [-0.1, -0.05) is 0 Å². The highest BCUT2D eigenvalue weighted by Gasteiger charge is 2.26. The Labute approximate surface area is 72.1 Å². The molecular formula is C8H13N2O2. The van der Waals surface area contributed by atoms with Crippen molar-refractivity contribution in [3.05, 3.63) is 0 Å². The maximum Gasteiger partial charge on any atom is 0.312 e. The van der Waals surface area contributed by atoms with Crippen LogP contribution in [0.5, 0.6) is 0 Å². The minimum absolute atomic E-state index is 0.0804. The van der Waals surface area contributed by atoms with Crippen LogP contribution in [0, 0.1) is 0 Å². The van der Waals surface area contributed by atoms with Crippen LogP contribution in [-0.4, -0.2) is 48.3 Å². The highest BCUT2D eigenvalue weighted by Crippen LogP contribution is 2.12. The Kier molecular flexibility index (Phi) is 2.68. The lowest BCUT2D eigenvalue weighted by Crippen LogP contribution is -2.34. The summed E-state index contributed by atoms with van der Waals surface area (Å²) in [6.07, 6.45) is 2.68. The lowest BCUT2D eigenvalue weighted by molar-refractivity contribution is -0.127. The molecule has 1 aliphatic rings. The first kappa shape index (κ1) is 9.03. The van der Waals surface area contributed by atoms with Gasteiger partial charge in [-0.3, -0.25) is 9.59 Å². The molecule has 1 atom stereocenters. The van der Waals surface area contributed by atoms with Crippen LogP contribution in [0.15, 0.2) is 0 Å². The molecule has 2 amide bonds. The molecule has 0 aromatic carbocycles. The summed E-state index contributed by atoms with van der Waals surface area (Å²) in [6, 6.07) is 0.159. The fourth-order valence-electron chi connectivity index (χ4n) is 1.42. The first-order valence-electron chi connectivity index (χ1n) is 4.01. The second-order valence-electron chi connectivity index (χ2n) is 3.11. The van der Waals surface area contributed by atoms with Crippen molar-refractivity contribution in [3.8, 4) is 0 Å². The van der Waals surface area contributed by atoms with Gasteiger partial charge in [-0.2, -0.15) is 0 Å². The van der Waals surface area contributed by atoms with Gasteiger partial charge < -0.3 is 9.80 Å². The Hall–Kier alpha value is -1.06. The Bertz CT molecular complexity index is 193. The Balaban J connectivity index is 2.45. The highest BCUT2D eigenvalue weighted by molar-refractivity contribution is 5.73. The fourth-order valence-corrected chi connectivity index (χ4v) is 1.42. The SMILES string of the molecule is CC(=O)N1CCC(N(C)[C]=O)C1. The van der Waals surface area contributed by atoms with Crippen LogP contribution in [0.3, 0.4) is 0 Å². The van der Waals surface area contributed by atoms with E-state index in [0.29, 0.717) is 6.54 Å². The molecule has 1 aliphatic heterocycles. The van der Waals surface area contributed by atoms with Crippen molar-refractivity contribution < 1.29 is 9.59 Å². The van der Waals surface area contributed by atoms with Gasteiger partial charge in [0.2, 0.25) is 5.91 Å². The summed E-state index contributed by atoms with van der Waals surface area (Å²) >= 11 is 0. The van der Waals surface area contributed by atoms with Gasteiger partial charge in [0, 0.05) is 27.1 Å². The van der Waals surface area contributed by atoms with E-state index in [0.717, 1.165) is 13.0 Å². The first-order valence-corrected chi connectivity index (χ1v) is 4.01. The third-order valence-corrected chi connectivity index (χ3v) is 2.30. The molecule has 0 aromatic rings. The number of hydrogen-bond acceptors (Lipinski definition) is 2. The number of carbonyl (C=O) groups excluding carboxylic acids is 2. The molecule has 0 aromatic heterocycles. The van der Waals surface area contributed by atoms with E-state index in [1.54, 1.807) is 18.9 Å². The number of nitrogens with zero attached hydrogens (tertiary/aromatic N) is 2. The third-order valence-electron chi connectivity index (χ3n) is 2.30. The molecule has 0 spiro atoms. The standard InChI is InChI=1S/C8H13N2O2/c1-7(12)10-4-3-8(5-10)9(2)6-11/h8H,3-5H2,1-2H3. The average molecular weight is 169 g/mol. The molecule has 1 fully saturated rings. The normalized spacial score (nSPS) is 22.5. The molecule has 12 heavy (non-hydrogen) atoms. The van der Waals surface area contributed by atoms with Crippen LogP contribution in [0.25, 0.3) is 0 Å². The summed E-state index contributed by atoms with van der Waals surface area (Å²) in [5.74, 6) is 0.0804. The van der Waals surface area contributed by atoms with Gasteiger partial charge in [-0.25, -0.2) is 0 Å². The van der Waals surface area contributed by atoms with Gasteiger partial charge in [0.05, 0.1) is 6.04 Å². The summed E-state index contributed by atoms with van der Waals surface area (Å²) < 4.78 is 0. The number of likely N-dealkylation sites (N-methyl/N-ethyl adjacent to an activating group) is 1. The number of likely N-dealkylation sites (tertiary alicyclic amines) is 1. The van der Waals surface area contributed by atoms with Crippen LogP contribution in [0.1, 0.15) is 13.3 Å². The minimum Gasteiger partial charge on any atom is -0.341 e. The maximum absolute atomic E-state index is 10.9. The Morgan fingerprint density at radius 2 is 2.33 bits per heavy atom. The molecule has 4 nitrogen and oxygen atoms in total. The smallest absolute Gasteiger partial charge is 0.312 e. The van der Waals surface area contributed by atoms with Crippen molar-refractivity contribution in [1.29, 1.82) is 0 Å². The van der Waals surface area contributed by atoms with Gasteiger partial charge >= 0.3 is 6.41 Å². The third kappa shape index (κ3) is 1.75. The lowest BCUT2D eigenvalue weighted by atomic mass is 10.2. The van der Waals surface area contributed by atoms with Gasteiger partial charge in [0.15, 0.2) is 0 Å². The zero-order valence-electron chi connectivity index (χ0n) is 7.41. The van der Waals surface area contributed by atoms with Gasteiger partial charge in [-0.05, 0) is 6.42 Å². The molecule has 1 saturated heterocycles. The molecule has 0 bridgehead atoms. The number of hydrogen-bond donors (Lipinski definition) is 0. The van der Waals surface area contributed by atoms with Crippen LogP contribution < -0.4 is 0 Å². The first-order chi connectivity index (χ1) is 5.65. The van der Waals surface area contributed by atoms with Crippen LogP contribution in [0.4, 0.5) is 0 Å². The maximum atomic E-state index is 10.9.